The third-order valence-electron chi connectivity index (χ3n) is 3.81. The van der Waals surface area contributed by atoms with Gasteiger partial charge in [0.2, 0.25) is 0 Å². The number of benzene rings is 1. The number of fused-ring (bicyclic) bond motifs is 1. The van der Waals surface area contributed by atoms with E-state index in [1.54, 1.807) is 7.11 Å². The van der Waals surface area contributed by atoms with Gasteiger partial charge in [0, 0.05) is 18.4 Å². The standard InChI is InChI=1S/C16H17BrN2O4/c1-21-10-3-4-12-9(5-10)6-14(15(17)19-12)23-11-7-13(18-8-11)16(20)22-2/h3-6,11,13,18H,7-8H2,1-2H3/t11-,13+/m1/s1. The predicted molar refractivity (Wildman–Crippen MR) is 88.8 cm³/mol. The Bertz CT molecular complexity index is 737. The highest BCUT2D eigenvalue weighted by atomic mass is 79.9. The molecule has 0 aliphatic carbocycles. The molecule has 1 saturated heterocycles. The number of nitrogens with zero attached hydrogens (tertiary/aromatic N) is 1. The molecule has 3 rings (SSSR count). The molecular weight excluding hydrogens is 364 g/mol. The highest BCUT2D eigenvalue weighted by Crippen LogP contribution is 2.31. The van der Waals surface area contributed by atoms with Gasteiger partial charge in [-0.3, -0.25) is 4.79 Å². The minimum Gasteiger partial charge on any atom is -0.497 e. The first-order valence-electron chi connectivity index (χ1n) is 7.23. The van der Waals surface area contributed by atoms with Crippen molar-refractivity contribution in [1.29, 1.82) is 0 Å². The van der Waals surface area contributed by atoms with E-state index >= 15 is 0 Å². The summed E-state index contributed by atoms with van der Waals surface area (Å²) in [7, 11) is 3.01. The number of methoxy groups -OCH3 is 2. The van der Waals surface area contributed by atoms with Crippen molar-refractivity contribution < 1.29 is 19.0 Å². The van der Waals surface area contributed by atoms with Gasteiger partial charge >= 0.3 is 5.97 Å². The molecule has 0 amide bonds. The summed E-state index contributed by atoms with van der Waals surface area (Å²) in [5, 5.41) is 4.03. The van der Waals surface area contributed by atoms with E-state index in [9.17, 15) is 4.79 Å². The van der Waals surface area contributed by atoms with Gasteiger partial charge in [0.15, 0.2) is 5.75 Å². The summed E-state index contributed by atoms with van der Waals surface area (Å²) in [6, 6.07) is 7.26. The number of nitrogens with one attached hydrogen (secondary N) is 1. The van der Waals surface area contributed by atoms with Crippen LogP contribution in [-0.4, -0.2) is 43.9 Å². The minimum absolute atomic E-state index is 0.111. The predicted octanol–water partition coefficient (Wildman–Crippen LogP) is 2.29. The van der Waals surface area contributed by atoms with Crippen LogP contribution >= 0.6 is 15.9 Å². The highest BCUT2D eigenvalue weighted by Gasteiger charge is 2.31. The quantitative estimate of drug-likeness (QED) is 0.648. The molecule has 23 heavy (non-hydrogen) atoms. The number of carbonyl (C=O) groups excluding carboxylic acids is 1. The van der Waals surface area contributed by atoms with Crippen LogP contribution in [0.5, 0.6) is 11.5 Å². The Morgan fingerprint density at radius 1 is 1.35 bits per heavy atom. The van der Waals surface area contributed by atoms with E-state index in [0.29, 0.717) is 23.3 Å². The summed E-state index contributed by atoms with van der Waals surface area (Å²) in [5.41, 5.74) is 0.849. The van der Waals surface area contributed by atoms with Gasteiger partial charge in [0.1, 0.15) is 22.5 Å². The van der Waals surface area contributed by atoms with Crippen LogP contribution < -0.4 is 14.8 Å². The molecule has 1 aliphatic rings. The van der Waals surface area contributed by atoms with Crippen molar-refractivity contribution >= 4 is 32.8 Å². The van der Waals surface area contributed by atoms with Crippen molar-refractivity contribution in [3.05, 3.63) is 28.9 Å². The van der Waals surface area contributed by atoms with Gasteiger partial charge in [-0.25, -0.2) is 4.98 Å². The zero-order valence-electron chi connectivity index (χ0n) is 12.8. The van der Waals surface area contributed by atoms with E-state index in [0.717, 1.165) is 16.7 Å². The second kappa shape index (κ2) is 6.72. The third-order valence-corrected chi connectivity index (χ3v) is 4.38. The van der Waals surface area contributed by atoms with Crippen LogP contribution in [0.25, 0.3) is 10.9 Å². The average molecular weight is 381 g/mol. The number of hydrogen-bond acceptors (Lipinski definition) is 6. The molecule has 2 atom stereocenters. The topological polar surface area (TPSA) is 69.7 Å². The molecule has 7 heteroatoms. The molecule has 1 aromatic carbocycles. The second-order valence-electron chi connectivity index (χ2n) is 5.30. The molecule has 0 saturated carbocycles. The highest BCUT2D eigenvalue weighted by molar-refractivity contribution is 9.10. The molecule has 6 nitrogen and oxygen atoms in total. The first kappa shape index (κ1) is 16.0. The maximum Gasteiger partial charge on any atom is 0.323 e. The van der Waals surface area contributed by atoms with Crippen molar-refractivity contribution in [2.75, 3.05) is 20.8 Å². The molecule has 1 fully saturated rings. The SMILES string of the molecule is COC(=O)[C@@H]1C[C@@H](Oc2cc3cc(OC)ccc3nc2Br)CN1. The van der Waals surface area contributed by atoms with Crippen LogP contribution in [0.4, 0.5) is 0 Å². The lowest BCUT2D eigenvalue weighted by Crippen LogP contribution is -2.31. The fraction of sp³-hybridized carbons (Fsp3) is 0.375. The van der Waals surface area contributed by atoms with Crippen molar-refractivity contribution in [1.82, 2.24) is 10.3 Å². The maximum atomic E-state index is 11.5. The van der Waals surface area contributed by atoms with Gasteiger partial charge in [-0.15, -0.1) is 0 Å². The van der Waals surface area contributed by atoms with Crippen LogP contribution in [0.2, 0.25) is 0 Å². The van der Waals surface area contributed by atoms with E-state index < -0.39 is 0 Å². The van der Waals surface area contributed by atoms with E-state index in [1.807, 2.05) is 24.3 Å². The maximum absolute atomic E-state index is 11.5. The monoisotopic (exact) mass is 380 g/mol. The van der Waals surface area contributed by atoms with Gasteiger partial charge in [-0.05, 0) is 40.2 Å². The first-order chi connectivity index (χ1) is 11.1. The van der Waals surface area contributed by atoms with E-state index in [-0.39, 0.29) is 18.1 Å². The summed E-state index contributed by atoms with van der Waals surface area (Å²) in [5.74, 6) is 1.14. The third kappa shape index (κ3) is 3.40. The van der Waals surface area contributed by atoms with Crippen molar-refractivity contribution in [2.45, 2.75) is 18.6 Å². The summed E-state index contributed by atoms with van der Waals surface area (Å²) < 4.78 is 16.6. The van der Waals surface area contributed by atoms with Crippen LogP contribution in [-0.2, 0) is 9.53 Å². The second-order valence-corrected chi connectivity index (χ2v) is 6.05. The first-order valence-corrected chi connectivity index (χ1v) is 8.02. The molecule has 0 bridgehead atoms. The number of carbonyl (C=O) groups is 1. The lowest BCUT2D eigenvalue weighted by atomic mass is 10.2. The fourth-order valence-corrected chi connectivity index (χ4v) is 3.01. The Balaban J connectivity index is 1.80. The Labute approximate surface area is 142 Å². The van der Waals surface area contributed by atoms with Gasteiger partial charge in [0.25, 0.3) is 0 Å². The summed E-state index contributed by atoms with van der Waals surface area (Å²) in [6.45, 7) is 0.586. The van der Waals surface area contributed by atoms with Gasteiger partial charge < -0.3 is 19.5 Å². The number of esters is 1. The lowest BCUT2D eigenvalue weighted by molar-refractivity contribution is -0.142. The Hall–Kier alpha value is -1.86. The Morgan fingerprint density at radius 2 is 2.17 bits per heavy atom. The molecule has 1 aliphatic heterocycles. The number of pyridine rings is 1. The molecule has 1 aromatic heterocycles. The van der Waals surface area contributed by atoms with Gasteiger partial charge in [-0.2, -0.15) is 0 Å². The molecule has 122 valence electrons. The number of hydrogen-bond donors (Lipinski definition) is 1. The van der Waals surface area contributed by atoms with Gasteiger partial charge in [-0.1, -0.05) is 0 Å². The average Bonchev–Trinajstić information content (AvgIpc) is 3.03. The normalized spacial score (nSPS) is 20.5. The largest absolute Gasteiger partial charge is 0.497 e. The zero-order valence-corrected chi connectivity index (χ0v) is 14.4. The summed E-state index contributed by atoms with van der Waals surface area (Å²) in [6.07, 6.45) is 0.454. The molecular formula is C16H17BrN2O4. The van der Waals surface area contributed by atoms with Crippen LogP contribution in [0, 0.1) is 0 Å². The number of aromatic nitrogens is 1. The smallest absolute Gasteiger partial charge is 0.323 e. The van der Waals surface area contributed by atoms with Gasteiger partial charge in [0.05, 0.1) is 19.7 Å². The minimum atomic E-state index is -0.322. The number of rotatable bonds is 4. The molecule has 0 unspecified atom stereocenters. The summed E-state index contributed by atoms with van der Waals surface area (Å²) in [4.78, 5) is 16.0. The Kier molecular flexibility index (Phi) is 4.68. The van der Waals surface area contributed by atoms with Crippen molar-refractivity contribution in [3.63, 3.8) is 0 Å². The van der Waals surface area contributed by atoms with Crippen LogP contribution in [0.15, 0.2) is 28.9 Å². The molecule has 0 radical (unpaired) electrons. The molecule has 0 spiro atoms. The van der Waals surface area contributed by atoms with E-state index in [2.05, 4.69) is 26.2 Å². The lowest BCUT2D eigenvalue weighted by Gasteiger charge is -2.14. The van der Waals surface area contributed by atoms with Crippen LogP contribution in [0.1, 0.15) is 6.42 Å². The van der Waals surface area contributed by atoms with Crippen molar-refractivity contribution in [3.8, 4) is 11.5 Å². The van der Waals surface area contributed by atoms with Crippen LogP contribution in [0.3, 0.4) is 0 Å². The molecule has 2 aromatic rings. The number of halogens is 1. The molecule has 2 heterocycles. The van der Waals surface area contributed by atoms with E-state index in [4.69, 9.17) is 14.2 Å². The number of ether oxygens (including phenoxy) is 3. The Morgan fingerprint density at radius 3 is 2.91 bits per heavy atom. The zero-order chi connectivity index (χ0) is 16.4. The molecule has 1 N–H and O–H groups in total. The van der Waals surface area contributed by atoms with E-state index in [1.165, 1.54) is 7.11 Å². The summed E-state index contributed by atoms with van der Waals surface area (Å²) >= 11 is 3.44. The van der Waals surface area contributed by atoms with Crippen molar-refractivity contribution in [2.24, 2.45) is 0 Å². The fourth-order valence-electron chi connectivity index (χ4n) is 2.62.